The van der Waals surface area contributed by atoms with Gasteiger partial charge in [-0.2, -0.15) is 0 Å². The van der Waals surface area contributed by atoms with Crippen LogP contribution in [0.1, 0.15) is 43.0 Å². The molecule has 108 valence electrons. The van der Waals surface area contributed by atoms with Gasteiger partial charge in [0, 0.05) is 17.8 Å². The quantitative estimate of drug-likeness (QED) is 0.589. The van der Waals surface area contributed by atoms with Crippen LogP contribution in [0.4, 0.5) is 11.4 Å². The van der Waals surface area contributed by atoms with Gasteiger partial charge in [0.2, 0.25) is 0 Å². The molecular weight excluding hydrogens is 260 g/mol. The van der Waals surface area contributed by atoms with E-state index < -0.39 is 10.9 Å². The molecule has 0 aromatic heterocycles. The van der Waals surface area contributed by atoms with Gasteiger partial charge in [-0.15, -0.1) is 0 Å². The van der Waals surface area contributed by atoms with Gasteiger partial charge in [0.25, 0.3) is 5.69 Å². The predicted octanol–water partition coefficient (Wildman–Crippen LogP) is 3.28. The molecule has 0 radical (unpaired) electrons. The van der Waals surface area contributed by atoms with Crippen LogP contribution in [0.3, 0.4) is 0 Å². The van der Waals surface area contributed by atoms with Crippen LogP contribution in [0.2, 0.25) is 0 Å². The van der Waals surface area contributed by atoms with E-state index in [1.54, 1.807) is 6.07 Å². The maximum Gasteiger partial charge on any atom is 0.342 e. The molecule has 6 heteroatoms. The number of nitrogens with one attached hydrogen (secondary N) is 1. The zero-order valence-corrected chi connectivity index (χ0v) is 11.3. The number of nitro benzene ring substituents is 1. The number of hydrogen-bond donors (Lipinski definition) is 2. The van der Waals surface area contributed by atoms with Gasteiger partial charge in [-0.25, -0.2) is 4.79 Å². The summed E-state index contributed by atoms with van der Waals surface area (Å²) in [7, 11) is 0. The van der Waals surface area contributed by atoms with E-state index in [1.807, 2.05) is 0 Å². The number of nitro groups is 1. The minimum Gasteiger partial charge on any atom is -0.477 e. The topological polar surface area (TPSA) is 92.5 Å². The fraction of sp³-hybridized carbons (Fsp3) is 0.500. The average Bonchev–Trinajstić information content (AvgIpc) is 3.21. The molecule has 1 unspecified atom stereocenters. The number of carbonyl (C=O) groups is 1. The minimum absolute atomic E-state index is 0.277. The molecule has 1 atom stereocenters. The highest BCUT2D eigenvalue weighted by molar-refractivity contribution is 5.93. The zero-order chi connectivity index (χ0) is 14.7. The molecule has 0 spiro atoms. The summed E-state index contributed by atoms with van der Waals surface area (Å²) in [5.41, 5.74) is -0.0277. The second kappa shape index (κ2) is 5.90. The Morgan fingerprint density at radius 1 is 1.55 bits per heavy atom. The van der Waals surface area contributed by atoms with Crippen molar-refractivity contribution in [2.75, 3.05) is 5.32 Å². The maximum absolute atomic E-state index is 11.1. The Morgan fingerprint density at radius 2 is 2.25 bits per heavy atom. The minimum atomic E-state index is -1.28. The van der Waals surface area contributed by atoms with E-state index in [9.17, 15) is 14.9 Å². The molecule has 2 rings (SSSR count). The second-order valence-electron chi connectivity index (χ2n) is 5.22. The van der Waals surface area contributed by atoms with Gasteiger partial charge in [-0.05, 0) is 30.9 Å². The largest absolute Gasteiger partial charge is 0.477 e. The molecule has 2 N–H and O–H groups in total. The van der Waals surface area contributed by atoms with Gasteiger partial charge >= 0.3 is 5.97 Å². The number of benzene rings is 1. The Balaban J connectivity index is 2.16. The monoisotopic (exact) mass is 278 g/mol. The van der Waals surface area contributed by atoms with Crippen LogP contribution in [0.5, 0.6) is 0 Å². The normalized spacial score (nSPS) is 15.7. The van der Waals surface area contributed by atoms with Crippen LogP contribution in [0.15, 0.2) is 18.2 Å². The molecule has 1 saturated carbocycles. The fourth-order valence-corrected chi connectivity index (χ4v) is 2.28. The number of carboxylic acid groups (broad SMARTS) is 1. The highest BCUT2D eigenvalue weighted by atomic mass is 16.6. The number of anilines is 1. The van der Waals surface area contributed by atoms with Gasteiger partial charge in [0.1, 0.15) is 5.56 Å². The molecule has 0 saturated heterocycles. The van der Waals surface area contributed by atoms with E-state index in [4.69, 9.17) is 5.11 Å². The van der Waals surface area contributed by atoms with Crippen molar-refractivity contribution in [1.29, 1.82) is 0 Å². The van der Waals surface area contributed by atoms with E-state index in [-0.39, 0.29) is 17.3 Å². The van der Waals surface area contributed by atoms with Crippen LogP contribution >= 0.6 is 0 Å². The summed E-state index contributed by atoms with van der Waals surface area (Å²) < 4.78 is 0. The van der Waals surface area contributed by atoms with Crippen LogP contribution in [-0.2, 0) is 0 Å². The third-order valence-electron chi connectivity index (χ3n) is 3.60. The maximum atomic E-state index is 11.1. The van der Waals surface area contributed by atoms with Gasteiger partial charge in [0.15, 0.2) is 0 Å². The highest BCUT2D eigenvalue weighted by Gasteiger charge is 2.25. The Morgan fingerprint density at radius 3 is 2.75 bits per heavy atom. The molecule has 20 heavy (non-hydrogen) atoms. The van der Waals surface area contributed by atoms with Gasteiger partial charge in [0.05, 0.1) is 4.92 Å². The number of nitrogens with zero attached hydrogens (tertiary/aromatic N) is 1. The predicted molar refractivity (Wildman–Crippen MR) is 75.1 cm³/mol. The van der Waals surface area contributed by atoms with E-state index in [2.05, 4.69) is 12.2 Å². The van der Waals surface area contributed by atoms with Crippen molar-refractivity contribution in [3.63, 3.8) is 0 Å². The van der Waals surface area contributed by atoms with E-state index in [0.717, 1.165) is 18.8 Å². The molecule has 1 aromatic carbocycles. The first-order chi connectivity index (χ1) is 9.51. The molecule has 1 fully saturated rings. The van der Waals surface area contributed by atoms with Crippen LogP contribution < -0.4 is 5.32 Å². The summed E-state index contributed by atoms with van der Waals surface area (Å²) in [6.07, 6.45) is 4.53. The van der Waals surface area contributed by atoms with Crippen molar-refractivity contribution in [1.82, 2.24) is 0 Å². The third-order valence-corrected chi connectivity index (χ3v) is 3.60. The Labute approximate surface area is 117 Å². The van der Waals surface area contributed by atoms with E-state index in [0.29, 0.717) is 5.69 Å². The molecule has 1 aromatic rings. The first-order valence-electron chi connectivity index (χ1n) is 6.79. The molecular formula is C14H18N2O4. The second-order valence-corrected chi connectivity index (χ2v) is 5.22. The summed E-state index contributed by atoms with van der Waals surface area (Å²) >= 11 is 0. The van der Waals surface area contributed by atoms with Gasteiger partial charge in [-0.1, -0.05) is 19.8 Å². The van der Waals surface area contributed by atoms with Crippen molar-refractivity contribution in [2.24, 2.45) is 5.92 Å². The number of aromatic carboxylic acids is 1. The Bertz CT molecular complexity index is 526. The zero-order valence-electron chi connectivity index (χ0n) is 11.3. The van der Waals surface area contributed by atoms with E-state index in [1.165, 1.54) is 25.0 Å². The highest BCUT2D eigenvalue weighted by Crippen LogP contribution is 2.35. The molecule has 6 nitrogen and oxygen atoms in total. The first kappa shape index (κ1) is 14.3. The van der Waals surface area contributed by atoms with Crippen molar-refractivity contribution >= 4 is 17.3 Å². The lowest BCUT2D eigenvalue weighted by Gasteiger charge is -2.18. The fourth-order valence-electron chi connectivity index (χ4n) is 2.28. The van der Waals surface area contributed by atoms with Crippen molar-refractivity contribution in [2.45, 2.75) is 38.6 Å². The van der Waals surface area contributed by atoms with E-state index >= 15 is 0 Å². The van der Waals surface area contributed by atoms with Crippen molar-refractivity contribution in [3.05, 3.63) is 33.9 Å². The van der Waals surface area contributed by atoms with Crippen LogP contribution in [0.25, 0.3) is 0 Å². The standard InChI is InChI=1S/C14H18N2O4/c1-2-10(7-9-3-4-9)15-11-5-6-13(16(19)20)12(8-11)14(17)18/h5-6,8-10,15H,2-4,7H2,1H3,(H,17,18). The molecule has 1 aliphatic rings. The summed E-state index contributed by atoms with van der Waals surface area (Å²) in [6.45, 7) is 2.07. The molecule has 0 bridgehead atoms. The van der Waals surface area contributed by atoms with Crippen LogP contribution in [0, 0.1) is 16.0 Å². The summed E-state index contributed by atoms with van der Waals surface area (Å²) in [5, 5.41) is 23.1. The number of rotatable bonds is 7. The lowest BCUT2D eigenvalue weighted by molar-refractivity contribution is -0.385. The number of carboxylic acids is 1. The lowest BCUT2D eigenvalue weighted by atomic mass is 10.1. The molecule has 0 amide bonds. The SMILES string of the molecule is CCC(CC1CC1)Nc1ccc([N+](=O)[O-])c(C(=O)O)c1. The number of hydrogen-bond acceptors (Lipinski definition) is 4. The summed E-state index contributed by atoms with van der Waals surface area (Å²) in [6, 6.07) is 4.44. The van der Waals surface area contributed by atoms with Crippen molar-refractivity contribution in [3.8, 4) is 0 Å². The smallest absolute Gasteiger partial charge is 0.342 e. The Hall–Kier alpha value is -2.11. The molecule has 0 aliphatic heterocycles. The molecule has 1 aliphatic carbocycles. The first-order valence-corrected chi connectivity index (χ1v) is 6.79. The lowest BCUT2D eigenvalue weighted by Crippen LogP contribution is -2.19. The van der Waals surface area contributed by atoms with Gasteiger partial charge in [-0.3, -0.25) is 10.1 Å². The average molecular weight is 278 g/mol. The third kappa shape index (κ3) is 3.46. The molecule has 0 heterocycles. The van der Waals surface area contributed by atoms with Crippen molar-refractivity contribution < 1.29 is 14.8 Å². The summed E-state index contributed by atoms with van der Waals surface area (Å²) in [4.78, 5) is 21.2. The Kier molecular flexibility index (Phi) is 4.22. The summed E-state index contributed by atoms with van der Waals surface area (Å²) in [5.74, 6) is -0.514. The van der Waals surface area contributed by atoms with Crippen LogP contribution in [-0.4, -0.2) is 22.0 Å². The van der Waals surface area contributed by atoms with Gasteiger partial charge < -0.3 is 10.4 Å².